The third-order valence-electron chi connectivity index (χ3n) is 5.22. The normalized spacial score (nSPS) is 26.2. The Morgan fingerprint density at radius 3 is 2.81 bits per heavy atom. The Hall–Kier alpha value is -1.02. The number of rotatable bonds is 5. The molecule has 1 aliphatic carbocycles. The van der Waals surface area contributed by atoms with Gasteiger partial charge in [-0.2, -0.15) is 0 Å². The summed E-state index contributed by atoms with van der Waals surface area (Å²) in [4.78, 5) is 0. The first kappa shape index (κ1) is 14.9. The zero-order chi connectivity index (χ0) is 14.7. The molecule has 0 radical (unpaired) electrons. The Morgan fingerprint density at radius 1 is 1.24 bits per heavy atom. The molecule has 1 aromatic rings. The maximum atomic E-state index is 5.65. The van der Waals surface area contributed by atoms with E-state index in [0.717, 1.165) is 37.2 Å². The molecule has 116 valence electrons. The van der Waals surface area contributed by atoms with E-state index >= 15 is 0 Å². The summed E-state index contributed by atoms with van der Waals surface area (Å²) in [6.45, 7) is 6.62. The molecule has 1 aromatic carbocycles. The Bertz CT molecular complexity index is 463. The van der Waals surface area contributed by atoms with Crippen LogP contribution in [-0.2, 0) is 6.42 Å². The number of fused-ring (bicyclic) bond motifs is 1. The van der Waals surface area contributed by atoms with Crippen LogP contribution in [-0.4, -0.2) is 13.2 Å². The van der Waals surface area contributed by atoms with Gasteiger partial charge < -0.3 is 10.1 Å². The molecule has 2 aliphatic rings. The minimum absolute atomic E-state index is 0.531. The lowest BCUT2D eigenvalue weighted by Gasteiger charge is -2.34. The first-order chi connectivity index (χ1) is 10.3. The van der Waals surface area contributed by atoms with Gasteiger partial charge in [0.05, 0.1) is 6.61 Å². The Morgan fingerprint density at radius 2 is 2.05 bits per heavy atom. The summed E-state index contributed by atoms with van der Waals surface area (Å²) < 4.78 is 5.65. The van der Waals surface area contributed by atoms with Gasteiger partial charge >= 0.3 is 0 Å². The molecule has 3 rings (SSSR count). The fraction of sp³-hybridized carbons (Fsp3) is 0.684. The molecule has 0 saturated heterocycles. The highest BCUT2D eigenvalue weighted by atomic mass is 16.5. The topological polar surface area (TPSA) is 21.3 Å². The van der Waals surface area contributed by atoms with Gasteiger partial charge in [0.1, 0.15) is 5.75 Å². The van der Waals surface area contributed by atoms with Crippen LogP contribution in [0.15, 0.2) is 18.2 Å². The minimum Gasteiger partial charge on any atom is -0.493 e. The third kappa shape index (κ3) is 3.42. The predicted octanol–water partition coefficient (Wildman–Crippen LogP) is 4.49. The van der Waals surface area contributed by atoms with Crippen molar-refractivity contribution < 1.29 is 4.74 Å². The molecule has 2 nitrogen and oxygen atoms in total. The first-order valence-corrected chi connectivity index (χ1v) is 8.77. The summed E-state index contributed by atoms with van der Waals surface area (Å²) in [6.07, 6.45) is 7.80. The SMILES string of the molecule is CCCNC(c1ccc2c(c1)CCO2)C1CCC(C)CC1. The Labute approximate surface area is 129 Å². The molecule has 1 saturated carbocycles. The highest BCUT2D eigenvalue weighted by molar-refractivity contribution is 5.41. The molecule has 0 bridgehead atoms. The van der Waals surface area contributed by atoms with Crippen LogP contribution in [0.4, 0.5) is 0 Å². The van der Waals surface area contributed by atoms with Crippen LogP contribution in [0.25, 0.3) is 0 Å². The van der Waals surface area contributed by atoms with E-state index in [1.165, 1.54) is 43.2 Å². The number of hydrogen-bond acceptors (Lipinski definition) is 2. The maximum absolute atomic E-state index is 5.65. The number of benzene rings is 1. The maximum Gasteiger partial charge on any atom is 0.122 e. The molecule has 0 spiro atoms. The molecule has 0 amide bonds. The fourth-order valence-electron chi connectivity index (χ4n) is 3.88. The molecule has 1 N–H and O–H groups in total. The molecular weight excluding hydrogens is 258 g/mol. The quantitative estimate of drug-likeness (QED) is 0.861. The third-order valence-corrected chi connectivity index (χ3v) is 5.22. The lowest BCUT2D eigenvalue weighted by atomic mass is 9.77. The van der Waals surface area contributed by atoms with Gasteiger partial charge in [0.2, 0.25) is 0 Å². The smallest absolute Gasteiger partial charge is 0.122 e. The van der Waals surface area contributed by atoms with Crippen molar-refractivity contribution in [2.24, 2.45) is 11.8 Å². The molecule has 1 fully saturated rings. The lowest BCUT2D eigenvalue weighted by Crippen LogP contribution is -2.31. The first-order valence-electron chi connectivity index (χ1n) is 8.77. The van der Waals surface area contributed by atoms with Crippen molar-refractivity contribution in [3.63, 3.8) is 0 Å². The van der Waals surface area contributed by atoms with Crippen LogP contribution < -0.4 is 10.1 Å². The summed E-state index contributed by atoms with van der Waals surface area (Å²) in [5.41, 5.74) is 2.88. The Kier molecular flexibility index (Phi) is 4.84. The highest BCUT2D eigenvalue weighted by Gasteiger charge is 2.27. The molecule has 0 aromatic heterocycles. The average Bonchev–Trinajstić information content (AvgIpc) is 2.97. The van der Waals surface area contributed by atoms with Crippen molar-refractivity contribution in [3.05, 3.63) is 29.3 Å². The van der Waals surface area contributed by atoms with Crippen molar-refractivity contribution >= 4 is 0 Å². The molecule has 1 unspecified atom stereocenters. The van der Waals surface area contributed by atoms with E-state index in [1.54, 1.807) is 0 Å². The van der Waals surface area contributed by atoms with E-state index in [9.17, 15) is 0 Å². The van der Waals surface area contributed by atoms with Gasteiger partial charge in [-0.15, -0.1) is 0 Å². The van der Waals surface area contributed by atoms with Gasteiger partial charge in [-0.05, 0) is 54.8 Å². The predicted molar refractivity (Wildman–Crippen MR) is 87.8 cm³/mol. The monoisotopic (exact) mass is 287 g/mol. The van der Waals surface area contributed by atoms with Gasteiger partial charge in [-0.3, -0.25) is 0 Å². The van der Waals surface area contributed by atoms with Crippen LogP contribution in [0.3, 0.4) is 0 Å². The van der Waals surface area contributed by atoms with E-state index < -0.39 is 0 Å². The molecular formula is C19H29NO. The van der Waals surface area contributed by atoms with E-state index in [1.807, 2.05) is 0 Å². The second kappa shape index (κ2) is 6.83. The van der Waals surface area contributed by atoms with Gasteiger partial charge in [-0.1, -0.05) is 38.8 Å². The summed E-state index contributed by atoms with van der Waals surface area (Å²) in [5, 5.41) is 3.82. The van der Waals surface area contributed by atoms with E-state index in [-0.39, 0.29) is 0 Å². The fourth-order valence-corrected chi connectivity index (χ4v) is 3.88. The van der Waals surface area contributed by atoms with Crippen molar-refractivity contribution in [2.75, 3.05) is 13.2 Å². The van der Waals surface area contributed by atoms with Crippen LogP contribution in [0.5, 0.6) is 5.75 Å². The number of nitrogens with one attached hydrogen (secondary N) is 1. The summed E-state index contributed by atoms with van der Waals surface area (Å²) in [5.74, 6) is 2.82. The van der Waals surface area contributed by atoms with Gasteiger partial charge in [0.25, 0.3) is 0 Å². The Balaban J connectivity index is 1.78. The second-order valence-electron chi connectivity index (χ2n) is 6.92. The molecule has 2 heteroatoms. The van der Waals surface area contributed by atoms with Crippen LogP contribution >= 0.6 is 0 Å². The molecule has 1 aliphatic heterocycles. The van der Waals surface area contributed by atoms with E-state index in [2.05, 4.69) is 37.4 Å². The highest BCUT2D eigenvalue weighted by Crippen LogP contribution is 2.38. The van der Waals surface area contributed by atoms with Gasteiger partial charge in [0, 0.05) is 12.5 Å². The lowest BCUT2D eigenvalue weighted by molar-refractivity contribution is 0.231. The van der Waals surface area contributed by atoms with Crippen LogP contribution in [0, 0.1) is 11.8 Å². The van der Waals surface area contributed by atoms with Crippen LogP contribution in [0.2, 0.25) is 0 Å². The van der Waals surface area contributed by atoms with E-state index in [0.29, 0.717) is 6.04 Å². The van der Waals surface area contributed by atoms with Gasteiger partial charge in [-0.25, -0.2) is 0 Å². The minimum atomic E-state index is 0.531. The van der Waals surface area contributed by atoms with Crippen molar-refractivity contribution in [1.82, 2.24) is 5.32 Å². The van der Waals surface area contributed by atoms with Crippen molar-refractivity contribution in [2.45, 2.75) is 58.4 Å². The van der Waals surface area contributed by atoms with Crippen molar-refractivity contribution in [3.8, 4) is 5.75 Å². The van der Waals surface area contributed by atoms with Crippen molar-refractivity contribution in [1.29, 1.82) is 0 Å². The summed E-state index contributed by atoms with van der Waals surface area (Å²) in [7, 11) is 0. The largest absolute Gasteiger partial charge is 0.493 e. The number of ether oxygens (including phenoxy) is 1. The summed E-state index contributed by atoms with van der Waals surface area (Å²) in [6, 6.07) is 7.40. The standard InChI is InChI=1S/C19H29NO/c1-3-11-20-19(15-6-4-14(2)5-7-15)17-8-9-18-16(13-17)10-12-21-18/h8-9,13-15,19-20H,3-7,10-12H2,1-2H3. The number of hydrogen-bond donors (Lipinski definition) is 1. The zero-order valence-electron chi connectivity index (χ0n) is 13.5. The van der Waals surface area contributed by atoms with Gasteiger partial charge in [0.15, 0.2) is 0 Å². The van der Waals surface area contributed by atoms with Crippen LogP contribution in [0.1, 0.15) is 63.1 Å². The summed E-state index contributed by atoms with van der Waals surface area (Å²) >= 11 is 0. The molecule has 21 heavy (non-hydrogen) atoms. The van der Waals surface area contributed by atoms with E-state index in [4.69, 9.17) is 4.74 Å². The molecule has 1 atom stereocenters. The second-order valence-corrected chi connectivity index (χ2v) is 6.92. The molecule has 1 heterocycles. The average molecular weight is 287 g/mol. The zero-order valence-corrected chi connectivity index (χ0v) is 13.5.